The second-order valence-corrected chi connectivity index (χ2v) is 6.60. The number of aromatic nitrogens is 1. The fourth-order valence-corrected chi connectivity index (χ4v) is 2.68. The largest absolute Gasteiger partial charge is 0.342 e. The van der Waals surface area contributed by atoms with E-state index >= 15 is 0 Å². The van der Waals surface area contributed by atoms with Crippen LogP contribution in [0.5, 0.6) is 0 Å². The second kappa shape index (κ2) is 6.13. The van der Waals surface area contributed by atoms with E-state index in [0.29, 0.717) is 19.4 Å². The third-order valence-electron chi connectivity index (χ3n) is 3.99. The lowest BCUT2D eigenvalue weighted by atomic mass is 9.97. The van der Waals surface area contributed by atoms with E-state index in [1.807, 2.05) is 26.0 Å². The van der Waals surface area contributed by atoms with Gasteiger partial charge in [-0.15, -0.1) is 0 Å². The minimum absolute atomic E-state index is 0.0481. The first-order valence-corrected chi connectivity index (χ1v) is 7.87. The van der Waals surface area contributed by atoms with Gasteiger partial charge in [-0.25, -0.2) is 0 Å². The van der Waals surface area contributed by atoms with Crippen LogP contribution < -0.4 is 5.32 Å². The number of rotatable bonds is 3. The maximum absolute atomic E-state index is 12.8. The molecule has 0 saturated carbocycles. The van der Waals surface area contributed by atoms with Gasteiger partial charge in [0.1, 0.15) is 5.54 Å². The van der Waals surface area contributed by atoms with E-state index in [4.69, 9.17) is 0 Å². The molecule has 1 aliphatic rings. The van der Waals surface area contributed by atoms with Crippen LogP contribution in [-0.4, -0.2) is 33.3 Å². The molecule has 21 heavy (non-hydrogen) atoms. The van der Waals surface area contributed by atoms with Crippen molar-refractivity contribution in [3.63, 3.8) is 0 Å². The Hall–Kier alpha value is -1.43. The first kappa shape index (κ1) is 15.9. The minimum Gasteiger partial charge on any atom is -0.342 e. The molecular formula is C15H20BrN3O2. The van der Waals surface area contributed by atoms with Gasteiger partial charge in [-0.1, -0.05) is 6.92 Å². The lowest BCUT2D eigenvalue weighted by Gasteiger charge is -2.33. The third kappa shape index (κ3) is 3.43. The second-order valence-electron chi connectivity index (χ2n) is 5.69. The summed E-state index contributed by atoms with van der Waals surface area (Å²) >= 11 is 3.35. The van der Waals surface area contributed by atoms with Crippen LogP contribution in [0.1, 0.15) is 39.3 Å². The summed E-state index contributed by atoms with van der Waals surface area (Å²) in [6, 6.07) is 3.64. The van der Waals surface area contributed by atoms with Crippen molar-refractivity contribution >= 4 is 27.7 Å². The predicted molar refractivity (Wildman–Crippen MR) is 83.4 cm³/mol. The van der Waals surface area contributed by atoms with Crippen molar-refractivity contribution in [2.24, 2.45) is 0 Å². The predicted octanol–water partition coefficient (Wildman–Crippen LogP) is 2.25. The Bertz CT molecular complexity index is 546. The smallest absolute Gasteiger partial charge is 0.248 e. The number of pyridine rings is 1. The maximum atomic E-state index is 12.8. The van der Waals surface area contributed by atoms with Gasteiger partial charge >= 0.3 is 0 Å². The zero-order valence-corrected chi connectivity index (χ0v) is 14.1. The molecule has 0 aliphatic carbocycles. The van der Waals surface area contributed by atoms with Crippen molar-refractivity contribution in [3.8, 4) is 0 Å². The van der Waals surface area contributed by atoms with Gasteiger partial charge in [0.2, 0.25) is 11.8 Å². The molecule has 5 nitrogen and oxygen atoms in total. The summed E-state index contributed by atoms with van der Waals surface area (Å²) in [5.74, 6) is -0.125. The van der Waals surface area contributed by atoms with Crippen LogP contribution in [0.3, 0.4) is 0 Å². The highest BCUT2D eigenvalue weighted by molar-refractivity contribution is 9.10. The first-order chi connectivity index (χ1) is 9.85. The topological polar surface area (TPSA) is 62.3 Å². The molecule has 114 valence electrons. The van der Waals surface area contributed by atoms with Gasteiger partial charge in [-0.05, 0) is 48.3 Å². The summed E-state index contributed by atoms with van der Waals surface area (Å²) in [4.78, 5) is 30.8. The lowest BCUT2D eigenvalue weighted by Crippen LogP contribution is -2.55. The Morgan fingerprint density at radius 1 is 1.48 bits per heavy atom. The van der Waals surface area contributed by atoms with Gasteiger partial charge in [0.15, 0.2) is 0 Å². The molecular weight excluding hydrogens is 334 g/mol. The normalized spacial score (nSPS) is 26.5. The molecule has 0 radical (unpaired) electrons. The number of carbonyl (C=O) groups is 2. The average molecular weight is 354 g/mol. The lowest BCUT2D eigenvalue weighted by molar-refractivity contribution is -0.140. The highest BCUT2D eigenvalue weighted by Gasteiger charge is 2.41. The number of nitrogens with zero attached hydrogens (tertiary/aromatic N) is 2. The summed E-state index contributed by atoms with van der Waals surface area (Å²) in [6.45, 7) is 6.01. The van der Waals surface area contributed by atoms with E-state index in [1.165, 1.54) is 0 Å². The van der Waals surface area contributed by atoms with Crippen molar-refractivity contribution in [2.75, 3.05) is 0 Å². The molecule has 1 aliphatic heterocycles. The molecule has 1 saturated heterocycles. The van der Waals surface area contributed by atoms with Crippen molar-refractivity contribution in [3.05, 3.63) is 28.5 Å². The molecule has 6 heteroatoms. The van der Waals surface area contributed by atoms with Crippen LogP contribution in [0.15, 0.2) is 22.8 Å². The van der Waals surface area contributed by atoms with Gasteiger partial charge in [-0.2, -0.15) is 0 Å². The Kier molecular flexibility index (Phi) is 4.66. The fraction of sp³-hybridized carbons (Fsp3) is 0.533. The van der Waals surface area contributed by atoms with Crippen molar-refractivity contribution in [2.45, 2.75) is 51.7 Å². The van der Waals surface area contributed by atoms with Crippen LogP contribution in [0.25, 0.3) is 0 Å². The SMILES string of the molecule is CCC1(C)NC(=O)CC(C)N(Cc2ccc(Br)cn2)C1=O. The number of carbonyl (C=O) groups excluding carboxylic acids is 2. The number of hydrogen-bond acceptors (Lipinski definition) is 3. The standard InChI is InChI=1S/C15H20BrN3O2/c1-4-15(3)14(21)19(10(2)7-13(20)18-15)9-12-6-5-11(16)8-17-12/h5-6,8,10H,4,7,9H2,1-3H3,(H,18,20). The van der Waals surface area contributed by atoms with E-state index in [0.717, 1.165) is 10.2 Å². The molecule has 1 aromatic heterocycles. The Morgan fingerprint density at radius 2 is 2.19 bits per heavy atom. The summed E-state index contributed by atoms with van der Waals surface area (Å²) < 4.78 is 0.900. The number of hydrogen-bond donors (Lipinski definition) is 1. The Labute approximate surface area is 133 Å². The Balaban J connectivity index is 2.28. The highest BCUT2D eigenvalue weighted by Crippen LogP contribution is 2.23. The van der Waals surface area contributed by atoms with Gasteiger partial charge in [0, 0.05) is 23.1 Å². The molecule has 2 rings (SSSR count). The van der Waals surface area contributed by atoms with E-state index in [2.05, 4.69) is 26.2 Å². The average Bonchev–Trinajstić information content (AvgIpc) is 2.52. The molecule has 1 aromatic rings. The fourth-order valence-electron chi connectivity index (χ4n) is 2.45. The number of nitrogens with one attached hydrogen (secondary N) is 1. The summed E-state index contributed by atoms with van der Waals surface area (Å²) in [5, 5.41) is 2.85. The molecule has 1 fully saturated rings. The molecule has 0 spiro atoms. The van der Waals surface area contributed by atoms with E-state index in [1.54, 1.807) is 18.0 Å². The molecule has 2 atom stereocenters. The summed E-state index contributed by atoms with van der Waals surface area (Å²) in [6.07, 6.45) is 2.59. The highest BCUT2D eigenvalue weighted by atomic mass is 79.9. The zero-order chi connectivity index (χ0) is 15.6. The van der Waals surface area contributed by atoms with Crippen LogP contribution in [-0.2, 0) is 16.1 Å². The molecule has 2 unspecified atom stereocenters. The van der Waals surface area contributed by atoms with Gasteiger partial charge in [0.05, 0.1) is 12.2 Å². The van der Waals surface area contributed by atoms with Gasteiger partial charge in [-0.3, -0.25) is 14.6 Å². The minimum atomic E-state index is -0.836. The summed E-state index contributed by atoms with van der Waals surface area (Å²) in [5.41, 5.74) is -0.0248. The molecule has 0 aromatic carbocycles. The van der Waals surface area contributed by atoms with E-state index in [-0.39, 0.29) is 17.9 Å². The van der Waals surface area contributed by atoms with Crippen LogP contribution in [0.4, 0.5) is 0 Å². The molecule has 0 bridgehead atoms. The Morgan fingerprint density at radius 3 is 2.76 bits per heavy atom. The van der Waals surface area contributed by atoms with Gasteiger partial charge in [0.25, 0.3) is 0 Å². The van der Waals surface area contributed by atoms with Crippen LogP contribution in [0.2, 0.25) is 0 Å². The molecule has 2 amide bonds. The monoisotopic (exact) mass is 353 g/mol. The van der Waals surface area contributed by atoms with Crippen LogP contribution in [0, 0.1) is 0 Å². The maximum Gasteiger partial charge on any atom is 0.248 e. The number of halogens is 1. The van der Waals surface area contributed by atoms with Gasteiger partial charge < -0.3 is 10.2 Å². The van der Waals surface area contributed by atoms with E-state index < -0.39 is 5.54 Å². The van der Waals surface area contributed by atoms with E-state index in [9.17, 15) is 9.59 Å². The van der Waals surface area contributed by atoms with Crippen molar-refractivity contribution in [1.82, 2.24) is 15.2 Å². The quantitative estimate of drug-likeness (QED) is 0.906. The van der Waals surface area contributed by atoms with Crippen molar-refractivity contribution in [1.29, 1.82) is 0 Å². The molecule has 2 heterocycles. The first-order valence-electron chi connectivity index (χ1n) is 7.08. The van der Waals surface area contributed by atoms with Crippen LogP contribution >= 0.6 is 15.9 Å². The number of amides is 2. The third-order valence-corrected chi connectivity index (χ3v) is 4.46. The molecule has 1 N–H and O–H groups in total. The van der Waals surface area contributed by atoms with Crippen molar-refractivity contribution < 1.29 is 9.59 Å². The summed E-state index contributed by atoms with van der Waals surface area (Å²) in [7, 11) is 0. The zero-order valence-electron chi connectivity index (χ0n) is 12.5.